The number of amides is 1. The Labute approximate surface area is 201 Å². The highest BCUT2D eigenvalue weighted by Gasteiger charge is 2.28. The molecule has 0 bridgehead atoms. The van der Waals surface area contributed by atoms with E-state index in [-0.39, 0.29) is 5.82 Å². The van der Waals surface area contributed by atoms with Crippen molar-refractivity contribution in [1.29, 1.82) is 0 Å². The summed E-state index contributed by atoms with van der Waals surface area (Å²) in [4.78, 5) is 29.5. The molecule has 1 fully saturated rings. The summed E-state index contributed by atoms with van der Waals surface area (Å²) in [5.74, 6) is 0.315. The molecule has 10 heteroatoms. The van der Waals surface area contributed by atoms with Crippen LogP contribution in [-0.4, -0.2) is 57.2 Å². The summed E-state index contributed by atoms with van der Waals surface area (Å²) >= 11 is 12.4. The van der Waals surface area contributed by atoms with Crippen LogP contribution in [0.4, 0.5) is 15.0 Å². The molecule has 0 N–H and O–H groups in total. The number of rotatable bonds is 4. The average molecular weight is 490 g/mol. The highest BCUT2D eigenvalue weighted by Crippen LogP contribution is 2.34. The molecule has 1 aromatic carbocycles. The van der Waals surface area contributed by atoms with E-state index >= 15 is 0 Å². The van der Waals surface area contributed by atoms with Crippen LogP contribution in [0.5, 0.6) is 0 Å². The maximum absolute atomic E-state index is 13.5. The van der Waals surface area contributed by atoms with E-state index in [9.17, 15) is 9.18 Å². The van der Waals surface area contributed by atoms with Gasteiger partial charge in [-0.05, 0) is 44.2 Å². The lowest BCUT2D eigenvalue weighted by molar-refractivity contribution is 0.0570. The molecule has 1 aliphatic heterocycles. The Hall–Kier alpha value is -2.97. The summed E-state index contributed by atoms with van der Waals surface area (Å²) in [5.41, 5.74) is 2.54. The minimum Gasteiger partial charge on any atom is -0.427 e. The van der Waals surface area contributed by atoms with Crippen LogP contribution < -0.4 is 4.90 Å². The van der Waals surface area contributed by atoms with Crippen molar-refractivity contribution in [1.82, 2.24) is 19.9 Å². The van der Waals surface area contributed by atoms with Crippen molar-refractivity contribution in [3.8, 4) is 22.5 Å². The van der Waals surface area contributed by atoms with Crippen molar-refractivity contribution in [2.24, 2.45) is 0 Å². The summed E-state index contributed by atoms with van der Waals surface area (Å²) in [6.07, 6.45) is 4.40. The molecule has 0 radical (unpaired) electrons. The van der Waals surface area contributed by atoms with Gasteiger partial charge in [0.1, 0.15) is 17.3 Å². The first-order valence-electron chi connectivity index (χ1n) is 10.4. The zero-order valence-corrected chi connectivity index (χ0v) is 19.6. The smallest absolute Gasteiger partial charge is 0.411 e. The number of benzene rings is 1. The van der Waals surface area contributed by atoms with Crippen molar-refractivity contribution >= 4 is 35.1 Å². The van der Waals surface area contributed by atoms with Gasteiger partial charge < -0.3 is 14.5 Å². The first-order valence-corrected chi connectivity index (χ1v) is 11.1. The minimum atomic E-state index is -1.06. The third-order valence-electron chi connectivity index (χ3n) is 5.10. The molecule has 0 saturated carbocycles. The third-order valence-corrected chi connectivity index (χ3v) is 5.48. The number of nitrogens with zero attached hydrogens (tertiary/aromatic N) is 5. The lowest BCUT2D eigenvalue weighted by Gasteiger charge is -2.35. The number of carbonyl (C=O) groups is 1. The van der Waals surface area contributed by atoms with Crippen molar-refractivity contribution in [2.75, 3.05) is 31.1 Å². The summed E-state index contributed by atoms with van der Waals surface area (Å²) in [7, 11) is 0. The molecule has 33 heavy (non-hydrogen) atoms. The number of alkyl halides is 1. The fraction of sp³-hybridized carbons (Fsp3) is 0.304. The third kappa shape index (κ3) is 5.51. The molecular weight excluding hydrogens is 468 g/mol. The van der Waals surface area contributed by atoms with Gasteiger partial charge in [0.15, 0.2) is 5.06 Å². The Kier molecular flexibility index (Phi) is 6.67. The standard InChI is InChI=1S/C23H22Cl2FN5O2/c1-23(2,25)33-22(32)31-11-9-30(10-12-31)19-14-28-20(15-3-5-16(26)6-4-15)21(29-19)17-7-8-27-13-18(17)24/h3-8,13-14H,9-12H2,1-2H3. The van der Waals surface area contributed by atoms with Crippen LogP contribution >= 0.6 is 23.2 Å². The van der Waals surface area contributed by atoms with Crippen LogP contribution in [0.15, 0.2) is 48.9 Å². The highest BCUT2D eigenvalue weighted by molar-refractivity contribution is 6.33. The Morgan fingerprint density at radius 1 is 1.06 bits per heavy atom. The number of ether oxygens (including phenoxy) is 1. The normalized spacial score (nSPS) is 14.3. The molecule has 0 atom stereocenters. The largest absolute Gasteiger partial charge is 0.427 e. The van der Waals surface area contributed by atoms with E-state index in [4.69, 9.17) is 32.9 Å². The van der Waals surface area contributed by atoms with Crippen molar-refractivity contribution in [2.45, 2.75) is 18.9 Å². The fourth-order valence-electron chi connectivity index (χ4n) is 3.50. The predicted molar refractivity (Wildman–Crippen MR) is 126 cm³/mol. The van der Waals surface area contributed by atoms with Gasteiger partial charge in [0.05, 0.1) is 16.9 Å². The number of carbonyl (C=O) groups excluding carboxylic acids is 1. The molecule has 0 aliphatic carbocycles. The molecule has 2 aromatic heterocycles. The summed E-state index contributed by atoms with van der Waals surface area (Å²) in [6, 6.07) is 7.83. The lowest BCUT2D eigenvalue weighted by Crippen LogP contribution is -2.50. The van der Waals surface area contributed by atoms with Crippen molar-refractivity contribution in [3.63, 3.8) is 0 Å². The predicted octanol–water partition coefficient (Wildman–Crippen LogP) is 5.23. The van der Waals surface area contributed by atoms with Gasteiger partial charge in [-0.3, -0.25) is 9.97 Å². The topological polar surface area (TPSA) is 71.5 Å². The number of aromatic nitrogens is 3. The lowest BCUT2D eigenvalue weighted by atomic mass is 10.0. The second kappa shape index (κ2) is 9.49. The van der Waals surface area contributed by atoms with Gasteiger partial charge in [0.25, 0.3) is 0 Å². The molecule has 172 valence electrons. The Balaban J connectivity index is 1.62. The fourth-order valence-corrected chi connectivity index (χ4v) is 3.77. The molecule has 3 heterocycles. The number of hydrogen-bond acceptors (Lipinski definition) is 6. The zero-order chi connectivity index (χ0) is 23.6. The van der Waals surface area contributed by atoms with Crippen LogP contribution in [0.3, 0.4) is 0 Å². The van der Waals surface area contributed by atoms with E-state index in [1.54, 1.807) is 55.5 Å². The van der Waals surface area contributed by atoms with Gasteiger partial charge in [-0.2, -0.15) is 0 Å². The van der Waals surface area contributed by atoms with Crippen molar-refractivity contribution in [3.05, 3.63) is 59.8 Å². The summed E-state index contributed by atoms with van der Waals surface area (Å²) in [6.45, 7) is 5.24. The summed E-state index contributed by atoms with van der Waals surface area (Å²) < 4.78 is 18.7. The highest BCUT2D eigenvalue weighted by atomic mass is 35.5. The molecule has 3 aromatic rings. The number of piperazine rings is 1. The first kappa shape index (κ1) is 23.2. The Bertz CT molecular complexity index is 1150. The molecule has 7 nitrogen and oxygen atoms in total. The van der Waals surface area contributed by atoms with E-state index in [2.05, 4.69) is 9.97 Å². The minimum absolute atomic E-state index is 0.333. The van der Waals surface area contributed by atoms with Gasteiger partial charge in [-0.15, -0.1) is 0 Å². The number of hydrogen-bond donors (Lipinski definition) is 0. The first-order chi connectivity index (χ1) is 15.7. The van der Waals surface area contributed by atoms with E-state index in [0.717, 1.165) is 5.56 Å². The van der Waals surface area contributed by atoms with E-state index < -0.39 is 11.2 Å². The van der Waals surface area contributed by atoms with Gasteiger partial charge >= 0.3 is 6.09 Å². The Morgan fingerprint density at radius 2 is 1.76 bits per heavy atom. The van der Waals surface area contributed by atoms with Crippen LogP contribution in [0.1, 0.15) is 13.8 Å². The van der Waals surface area contributed by atoms with Crippen LogP contribution in [0, 0.1) is 5.82 Å². The van der Waals surface area contributed by atoms with E-state index in [1.807, 2.05) is 4.90 Å². The van der Waals surface area contributed by atoms with Gasteiger partial charge in [-0.1, -0.05) is 23.2 Å². The maximum Gasteiger partial charge on any atom is 0.411 e. The van der Waals surface area contributed by atoms with Crippen LogP contribution in [0.25, 0.3) is 22.5 Å². The molecule has 0 spiro atoms. The molecule has 4 rings (SSSR count). The molecule has 1 saturated heterocycles. The van der Waals surface area contributed by atoms with E-state index in [0.29, 0.717) is 54.0 Å². The Morgan fingerprint density at radius 3 is 2.39 bits per heavy atom. The molecule has 1 aliphatic rings. The second-order valence-corrected chi connectivity index (χ2v) is 9.31. The van der Waals surface area contributed by atoms with Crippen LogP contribution in [-0.2, 0) is 4.74 Å². The summed E-state index contributed by atoms with van der Waals surface area (Å²) in [5, 5.41) is -0.627. The maximum atomic E-state index is 13.5. The molecule has 0 unspecified atom stereocenters. The van der Waals surface area contributed by atoms with E-state index in [1.165, 1.54) is 12.1 Å². The number of pyridine rings is 1. The van der Waals surface area contributed by atoms with Gasteiger partial charge in [-0.25, -0.2) is 14.2 Å². The average Bonchev–Trinajstić information content (AvgIpc) is 2.79. The quantitative estimate of drug-likeness (QED) is 0.467. The van der Waals surface area contributed by atoms with Gasteiger partial charge in [0.2, 0.25) is 0 Å². The SMILES string of the molecule is CC(C)(Cl)OC(=O)N1CCN(c2cnc(-c3ccc(F)cc3)c(-c3ccncc3Cl)n2)CC1. The second-order valence-electron chi connectivity index (χ2n) is 7.99. The number of anilines is 1. The van der Waals surface area contributed by atoms with Crippen LogP contribution in [0.2, 0.25) is 5.02 Å². The monoisotopic (exact) mass is 489 g/mol. The number of halogens is 3. The zero-order valence-electron chi connectivity index (χ0n) is 18.1. The molecule has 1 amide bonds. The van der Waals surface area contributed by atoms with Crippen molar-refractivity contribution < 1.29 is 13.9 Å². The van der Waals surface area contributed by atoms with Gasteiger partial charge in [0, 0.05) is 49.7 Å². The molecular formula is C23H22Cl2FN5O2.